The van der Waals surface area contributed by atoms with Crippen LogP contribution in [0.3, 0.4) is 0 Å². The van der Waals surface area contributed by atoms with Gasteiger partial charge in [-0.05, 0) is 37.7 Å². The highest BCUT2D eigenvalue weighted by atomic mass is 35.6. The molecule has 0 saturated carbocycles. The SMILES string of the molecule is ClC(Cl)(Cl)C(Nc1nc2c(s1)CCCCCCC2)NC1COCC(c2ccccc2)C1. The smallest absolute Gasteiger partial charge is 0.223 e. The van der Waals surface area contributed by atoms with Gasteiger partial charge in [0.2, 0.25) is 3.79 Å². The number of nitrogens with zero attached hydrogens (tertiary/aromatic N) is 1. The molecule has 1 fully saturated rings. The lowest BCUT2D eigenvalue weighted by molar-refractivity contribution is 0.0522. The van der Waals surface area contributed by atoms with Crippen LogP contribution in [0, 0.1) is 0 Å². The molecule has 3 atom stereocenters. The Bertz CT molecular complexity index is 802. The maximum atomic E-state index is 6.36. The van der Waals surface area contributed by atoms with Crippen molar-refractivity contribution < 1.29 is 4.74 Å². The van der Waals surface area contributed by atoms with Gasteiger partial charge in [-0.2, -0.15) is 0 Å². The number of alkyl halides is 3. The van der Waals surface area contributed by atoms with Gasteiger partial charge in [-0.25, -0.2) is 4.98 Å². The lowest BCUT2D eigenvalue weighted by Crippen LogP contribution is -2.53. The Balaban J connectivity index is 1.43. The molecular weight excluding hydrogens is 473 g/mol. The van der Waals surface area contributed by atoms with Gasteiger partial charge in [0.15, 0.2) is 5.13 Å². The first-order valence-electron chi connectivity index (χ1n) is 11.2. The predicted octanol–water partition coefficient (Wildman–Crippen LogP) is 6.46. The average molecular weight is 503 g/mol. The van der Waals surface area contributed by atoms with E-state index in [0.717, 1.165) is 24.4 Å². The van der Waals surface area contributed by atoms with E-state index >= 15 is 0 Å². The summed E-state index contributed by atoms with van der Waals surface area (Å²) in [7, 11) is 0. The number of benzene rings is 1. The Morgan fingerprint density at radius 3 is 2.52 bits per heavy atom. The first kappa shape index (κ1) is 23.6. The Kier molecular flexibility index (Phi) is 8.40. The predicted molar refractivity (Wildman–Crippen MR) is 132 cm³/mol. The zero-order chi connectivity index (χ0) is 21.7. The molecule has 2 heterocycles. The van der Waals surface area contributed by atoms with Crippen molar-refractivity contribution in [2.24, 2.45) is 0 Å². The van der Waals surface area contributed by atoms with Crippen LogP contribution in [-0.4, -0.2) is 34.2 Å². The number of halogens is 3. The molecule has 31 heavy (non-hydrogen) atoms. The molecule has 4 rings (SSSR count). The van der Waals surface area contributed by atoms with Crippen molar-refractivity contribution in [1.82, 2.24) is 10.3 Å². The summed E-state index contributed by atoms with van der Waals surface area (Å²) in [5, 5.41) is 7.70. The third kappa shape index (κ3) is 6.72. The van der Waals surface area contributed by atoms with E-state index < -0.39 is 9.96 Å². The summed E-state index contributed by atoms with van der Waals surface area (Å²) in [6.45, 7) is 1.31. The van der Waals surface area contributed by atoms with E-state index in [1.807, 2.05) is 6.07 Å². The molecule has 0 radical (unpaired) electrons. The molecule has 1 aromatic carbocycles. The molecule has 0 amide bonds. The minimum absolute atomic E-state index is 0.0802. The molecule has 0 bridgehead atoms. The maximum absolute atomic E-state index is 6.36. The van der Waals surface area contributed by atoms with Gasteiger partial charge >= 0.3 is 0 Å². The number of thiazole rings is 1. The van der Waals surface area contributed by atoms with Crippen molar-refractivity contribution in [3.05, 3.63) is 46.5 Å². The molecule has 1 saturated heterocycles. The van der Waals surface area contributed by atoms with E-state index in [2.05, 4.69) is 34.9 Å². The Morgan fingerprint density at radius 2 is 1.74 bits per heavy atom. The number of anilines is 1. The highest BCUT2D eigenvalue weighted by molar-refractivity contribution is 7.15. The molecule has 170 valence electrons. The monoisotopic (exact) mass is 501 g/mol. The quantitative estimate of drug-likeness (QED) is 0.364. The third-order valence-corrected chi connectivity index (χ3v) is 7.81. The Morgan fingerprint density at radius 1 is 1.00 bits per heavy atom. The van der Waals surface area contributed by atoms with Crippen LogP contribution in [-0.2, 0) is 17.6 Å². The highest BCUT2D eigenvalue weighted by Crippen LogP contribution is 2.35. The standard InChI is InChI=1S/C23H30Cl3N3OS/c24-23(25,26)21(27-18-13-17(14-30-15-18)16-9-5-4-6-10-16)29-22-28-19-11-7-2-1-3-8-12-20(19)31-22/h4-6,9-10,17-18,21,27H,1-3,7-8,11-15H2,(H,28,29). The van der Waals surface area contributed by atoms with Gasteiger partial charge in [-0.1, -0.05) is 84.4 Å². The van der Waals surface area contributed by atoms with Crippen LogP contribution in [0.25, 0.3) is 0 Å². The highest BCUT2D eigenvalue weighted by Gasteiger charge is 2.36. The second-order valence-electron chi connectivity index (χ2n) is 8.52. The normalized spacial score (nSPS) is 23.8. The van der Waals surface area contributed by atoms with Gasteiger partial charge in [0.05, 0.1) is 18.9 Å². The van der Waals surface area contributed by atoms with Crippen LogP contribution in [0.5, 0.6) is 0 Å². The van der Waals surface area contributed by atoms with E-state index in [4.69, 9.17) is 44.5 Å². The summed E-state index contributed by atoms with van der Waals surface area (Å²) in [4.78, 5) is 6.24. The van der Waals surface area contributed by atoms with Crippen molar-refractivity contribution in [1.29, 1.82) is 0 Å². The summed E-state index contributed by atoms with van der Waals surface area (Å²) in [5.74, 6) is 0.326. The fourth-order valence-electron chi connectivity index (χ4n) is 4.43. The summed E-state index contributed by atoms with van der Waals surface area (Å²) < 4.78 is 4.37. The van der Waals surface area contributed by atoms with Crippen LogP contribution in [0.1, 0.15) is 60.6 Å². The number of ether oxygens (including phenoxy) is 1. The van der Waals surface area contributed by atoms with Gasteiger partial charge < -0.3 is 10.1 Å². The lowest BCUT2D eigenvalue weighted by atomic mass is 9.91. The first-order chi connectivity index (χ1) is 15.0. The number of hydrogen-bond donors (Lipinski definition) is 2. The molecule has 3 unspecified atom stereocenters. The number of aromatic nitrogens is 1. The van der Waals surface area contributed by atoms with Crippen LogP contribution in [0.2, 0.25) is 0 Å². The van der Waals surface area contributed by atoms with Crippen LogP contribution < -0.4 is 10.6 Å². The minimum Gasteiger partial charge on any atom is -0.379 e. The van der Waals surface area contributed by atoms with E-state index in [0.29, 0.717) is 19.1 Å². The topological polar surface area (TPSA) is 46.2 Å². The summed E-state index contributed by atoms with van der Waals surface area (Å²) in [6.07, 6.45) is 8.82. The van der Waals surface area contributed by atoms with Crippen LogP contribution in [0.15, 0.2) is 30.3 Å². The van der Waals surface area contributed by atoms with Crippen LogP contribution >= 0.6 is 46.1 Å². The fraction of sp³-hybridized carbons (Fsp3) is 0.609. The van der Waals surface area contributed by atoms with Gasteiger partial charge in [-0.3, -0.25) is 5.32 Å². The molecule has 2 N–H and O–H groups in total. The van der Waals surface area contributed by atoms with Gasteiger partial charge in [0.1, 0.15) is 6.17 Å². The second-order valence-corrected chi connectivity index (χ2v) is 12.0. The molecular formula is C23H30Cl3N3OS. The second kappa shape index (κ2) is 11.0. The van der Waals surface area contributed by atoms with E-state index in [-0.39, 0.29) is 6.04 Å². The molecule has 2 aliphatic rings. The Labute approximate surface area is 204 Å². The van der Waals surface area contributed by atoms with Gasteiger partial charge in [0.25, 0.3) is 0 Å². The van der Waals surface area contributed by atoms with Gasteiger partial charge in [0, 0.05) is 16.8 Å². The van der Waals surface area contributed by atoms with Gasteiger partial charge in [-0.15, -0.1) is 11.3 Å². The number of aryl methyl sites for hydroxylation is 2. The first-order valence-corrected chi connectivity index (χ1v) is 13.1. The molecule has 4 nitrogen and oxygen atoms in total. The third-order valence-electron chi connectivity index (χ3n) is 6.07. The average Bonchev–Trinajstić information content (AvgIpc) is 3.17. The van der Waals surface area contributed by atoms with E-state index in [1.165, 1.54) is 48.2 Å². The zero-order valence-electron chi connectivity index (χ0n) is 17.6. The molecule has 2 aromatic rings. The number of fused-ring (bicyclic) bond motifs is 1. The molecule has 0 spiro atoms. The number of hydrogen-bond acceptors (Lipinski definition) is 5. The van der Waals surface area contributed by atoms with Crippen molar-refractivity contribution in [2.75, 3.05) is 18.5 Å². The summed E-state index contributed by atoms with van der Waals surface area (Å²) in [5.41, 5.74) is 2.49. The molecule has 8 heteroatoms. The van der Waals surface area contributed by atoms with Crippen molar-refractivity contribution in [3.8, 4) is 0 Å². The molecule has 1 aliphatic heterocycles. The molecule has 1 aliphatic carbocycles. The fourth-order valence-corrected chi connectivity index (χ4v) is 5.86. The summed E-state index contributed by atoms with van der Waals surface area (Å²) >= 11 is 20.8. The largest absolute Gasteiger partial charge is 0.379 e. The number of rotatable bonds is 5. The van der Waals surface area contributed by atoms with Crippen LogP contribution in [0.4, 0.5) is 5.13 Å². The van der Waals surface area contributed by atoms with E-state index in [9.17, 15) is 0 Å². The van der Waals surface area contributed by atoms with Crippen molar-refractivity contribution in [2.45, 2.75) is 73.3 Å². The molecule has 1 aromatic heterocycles. The van der Waals surface area contributed by atoms with E-state index in [1.54, 1.807) is 11.3 Å². The minimum atomic E-state index is -1.52. The lowest BCUT2D eigenvalue weighted by Gasteiger charge is -2.35. The van der Waals surface area contributed by atoms with Crippen molar-refractivity contribution in [3.63, 3.8) is 0 Å². The maximum Gasteiger partial charge on any atom is 0.223 e. The van der Waals surface area contributed by atoms with Crippen molar-refractivity contribution >= 4 is 51.3 Å². The Hall–Kier alpha value is -0.560. The zero-order valence-corrected chi connectivity index (χ0v) is 20.7. The number of nitrogens with one attached hydrogen (secondary N) is 2. The summed E-state index contributed by atoms with van der Waals surface area (Å²) in [6, 6.07) is 10.5.